The second kappa shape index (κ2) is 3.48. The van der Waals surface area contributed by atoms with Gasteiger partial charge in [0.25, 0.3) is 0 Å². The number of carboxylic acids is 1. The first-order valence-electron chi connectivity index (χ1n) is 4.47. The Balaban J connectivity index is 2.37. The minimum Gasteiger partial charge on any atom is -0.480 e. The number of nitrogens with zero attached hydrogens (tertiary/aromatic N) is 1. The molecule has 0 fully saturated rings. The molecule has 0 radical (unpaired) electrons. The second-order valence-corrected chi connectivity index (χ2v) is 3.50. The Bertz CT molecular complexity index is 415. The largest absolute Gasteiger partial charge is 0.480 e. The van der Waals surface area contributed by atoms with E-state index in [4.69, 9.17) is 5.11 Å². The van der Waals surface area contributed by atoms with Crippen molar-refractivity contribution in [2.75, 3.05) is 0 Å². The second-order valence-electron chi connectivity index (χ2n) is 3.50. The summed E-state index contributed by atoms with van der Waals surface area (Å²) in [5, 5.41) is 10.7. The van der Waals surface area contributed by atoms with Crippen LogP contribution in [0.1, 0.15) is 17.4 Å². The SMILES string of the molecule is O=C(O)[C@@H]1Cc2[nH]cnc2[C@H](C(F)(F)F)N1. The molecular formula is C8H8F3N3O2. The number of hydrogen-bond acceptors (Lipinski definition) is 3. The third kappa shape index (κ3) is 1.75. The zero-order valence-corrected chi connectivity index (χ0v) is 7.88. The standard InChI is InChI=1S/C8H8F3N3O2/c9-8(10,11)6-5-3(12-2-13-5)1-4(14-6)7(15)16/h2,4,6,14H,1H2,(H,12,13)(H,15,16)/t4-,6+/m0/s1. The lowest BCUT2D eigenvalue weighted by Gasteiger charge is -2.29. The normalized spacial score (nSPS) is 25.2. The van der Waals surface area contributed by atoms with E-state index in [1.165, 1.54) is 0 Å². The van der Waals surface area contributed by atoms with Crippen LogP contribution in [0.3, 0.4) is 0 Å². The van der Waals surface area contributed by atoms with Crippen molar-refractivity contribution in [3.63, 3.8) is 0 Å². The topological polar surface area (TPSA) is 78.0 Å². The van der Waals surface area contributed by atoms with E-state index in [-0.39, 0.29) is 17.8 Å². The van der Waals surface area contributed by atoms with Crippen molar-refractivity contribution < 1.29 is 23.1 Å². The number of rotatable bonds is 1. The summed E-state index contributed by atoms with van der Waals surface area (Å²) in [5.74, 6) is -1.31. The van der Waals surface area contributed by atoms with Crippen LogP contribution in [0.5, 0.6) is 0 Å². The lowest BCUT2D eigenvalue weighted by Crippen LogP contribution is -2.49. The highest BCUT2D eigenvalue weighted by atomic mass is 19.4. The highest BCUT2D eigenvalue weighted by Gasteiger charge is 2.47. The number of carboxylic acid groups (broad SMARTS) is 1. The number of alkyl halides is 3. The minimum absolute atomic E-state index is 0.0305. The van der Waals surface area contributed by atoms with E-state index in [0.29, 0.717) is 0 Å². The molecule has 3 N–H and O–H groups in total. The summed E-state index contributed by atoms with van der Waals surface area (Å²) in [6, 6.07) is -3.27. The van der Waals surface area contributed by atoms with Crippen LogP contribution >= 0.6 is 0 Å². The third-order valence-electron chi connectivity index (χ3n) is 2.43. The number of carbonyl (C=O) groups is 1. The summed E-state index contributed by atoms with van der Waals surface area (Å²) >= 11 is 0. The van der Waals surface area contributed by atoms with Gasteiger partial charge in [-0.3, -0.25) is 10.1 Å². The van der Waals surface area contributed by atoms with Gasteiger partial charge in [-0.1, -0.05) is 0 Å². The Morgan fingerprint density at radius 2 is 2.25 bits per heavy atom. The molecule has 1 aliphatic rings. The molecule has 0 aliphatic carbocycles. The molecule has 1 aromatic rings. The lowest BCUT2D eigenvalue weighted by atomic mass is 9.99. The molecule has 0 bridgehead atoms. The fourth-order valence-corrected chi connectivity index (χ4v) is 1.70. The van der Waals surface area contributed by atoms with Crippen molar-refractivity contribution in [2.45, 2.75) is 24.7 Å². The average molecular weight is 235 g/mol. The molecule has 0 unspecified atom stereocenters. The quantitative estimate of drug-likeness (QED) is 0.666. The van der Waals surface area contributed by atoms with Crippen LogP contribution in [-0.2, 0) is 11.2 Å². The highest BCUT2D eigenvalue weighted by molar-refractivity contribution is 5.74. The fraction of sp³-hybridized carbons (Fsp3) is 0.500. The van der Waals surface area contributed by atoms with Crippen LogP contribution in [0.25, 0.3) is 0 Å². The summed E-state index contributed by atoms with van der Waals surface area (Å²) in [4.78, 5) is 16.8. The van der Waals surface area contributed by atoms with Gasteiger partial charge < -0.3 is 10.1 Å². The number of halogens is 3. The van der Waals surface area contributed by atoms with Crippen LogP contribution in [0.4, 0.5) is 13.2 Å². The Labute approximate surface area is 87.7 Å². The predicted octanol–water partition coefficient (Wildman–Crippen LogP) is 0.612. The van der Waals surface area contributed by atoms with Gasteiger partial charge in [0.15, 0.2) is 0 Å². The number of hydrogen-bond donors (Lipinski definition) is 3. The molecule has 0 saturated heterocycles. The first kappa shape index (κ1) is 10.9. The Hall–Kier alpha value is -1.57. The maximum atomic E-state index is 12.6. The van der Waals surface area contributed by atoms with Gasteiger partial charge in [-0.25, -0.2) is 4.98 Å². The maximum absolute atomic E-state index is 12.6. The maximum Gasteiger partial charge on any atom is 0.409 e. The number of H-pyrrole nitrogens is 1. The summed E-state index contributed by atoms with van der Waals surface area (Å²) in [7, 11) is 0. The first-order valence-corrected chi connectivity index (χ1v) is 4.47. The molecule has 0 aromatic carbocycles. The van der Waals surface area contributed by atoms with E-state index in [1.54, 1.807) is 0 Å². The van der Waals surface area contributed by atoms with Crippen molar-refractivity contribution in [2.24, 2.45) is 0 Å². The van der Waals surface area contributed by atoms with Gasteiger partial charge in [0.2, 0.25) is 0 Å². The minimum atomic E-state index is -4.56. The van der Waals surface area contributed by atoms with Crippen LogP contribution < -0.4 is 5.32 Å². The van der Waals surface area contributed by atoms with Crippen molar-refractivity contribution in [1.29, 1.82) is 0 Å². The van der Waals surface area contributed by atoms with E-state index in [9.17, 15) is 18.0 Å². The van der Waals surface area contributed by atoms with E-state index in [2.05, 4.69) is 9.97 Å². The van der Waals surface area contributed by atoms with Gasteiger partial charge in [-0.05, 0) is 0 Å². The zero-order chi connectivity index (χ0) is 11.9. The van der Waals surface area contributed by atoms with Gasteiger partial charge in [0.05, 0.1) is 12.0 Å². The van der Waals surface area contributed by atoms with Crippen LogP contribution in [0, 0.1) is 0 Å². The van der Waals surface area contributed by atoms with Crippen molar-refractivity contribution in [1.82, 2.24) is 15.3 Å². The van der Waals surface area contributed by atoms with Gasteiger partial charge in [0, 0.05) is 12.1 Å². The van der Waals surface area contributed by atoms with Crippen molar-refractivity contribution >= 4 is 5.97 Å². The zero-order valence-electron chi connectivity index (χ0n) is 7.88. The number of aliphatic carboxylic acids is 1. The van der Waals surface area contributed by atoms with E-state index in [0.717, 1.165) is 6.33 Å². The summed E-state index contributed by atoms with van der Waals surface area (Å²) in [6.07, 6.45) is -3.45. The Morgan fingerprint density at radius 1 is 1.56 bits per heavy atom. The molecule has 8 heteroatoms. The average Bonchev–Trinajstić information content (AvgIpc) is 2.61. The molecule has 1 aliphatic heterocycles. The monoisotopic (exact) mass is 235 g/mol. The molecule has 2 rings (SSSR count). The Kier molecular flexibility index (Phi) is 2.38. The van der Waals surface area contributed by atoms with Gasteiger partial charge in [-0.2, -0.15) is 13.2 Å². The molecule has 5 nitrogen and oxygen atoms in total. The molecule has 88 valence electrons. The molecule has 0 amide bonds. The molecule has 0 spiro atoms. The van der Waals surface area contributed by atoms with Gasteiger partial charge in [-0.15, -0.1) is 0 Å². The number of nitrogens with one attached hydrogen (secondary N) is 2. The summed E-state index contributed by atoms with van der Waals surface area (Å²) in [6.45, 7) is 0. The third-order valence-corrected chi connectivity index (χ3v) is 2.43. The van der Waals surface area contributed by atoms with E-state index >= 15 is 0 Å². The van der Waals surface area contributed by atoms with Crippen molar-refractivity contribution in [3.8, 4) is 0 Å². The molecule has 16 heavy (non-hydrogen) atoms. The number of aromatic amines is 1. The lowest BCUT2D eigenvalue weighted by molar-refractivity contribution is -0.165. The smallest absolute Gasteiger partial charge is 0.409 e. The van der Waals surface area contributed by atoms with Crippen LogP contribution in [0.15, 0.2) is 6.33 Å². The van der Waals surface area contributed by atoms with E-state index < -0.39 is 24.2 Å². The Morgan fingerprint density at radius 3 is 2.81 bits per heavy atom. The van der Waals surface area contributed by atoms with E-state index in [1.807, 2.05) is 5.32 Å². The summed E-state index contributed by atoms with van der Waals surface area (Å²) < 4.78 is 37.9. The van der Waals surface area contributed by atoms with Gasteiger partial charge in [0.1, 0.15) is 12.1 Å². The summed E-state index contributed by atoms with van der Waals surface area (Å²) in [5.41, 5.74) is 0.0403. The number of fused-ring (bicyclic) bond motifs is 1. The molecule has 2 atom stereocenters. The number of imidazole rings is 1. The molecule has 1 aromatic heterocycles. The molecule has 2 heterocycles. The van der Waals surface area contributed by atoms with Crippen LogP contribution in [0.2, 0.25) is 0 Å². The predicted molar refractivity (Wildman–Crippen MR) is 45.6 cm³/mol. The fourth-order valence-electron chi connectivity index (χ4n) is 1.70. The van der Waals surface area contributed by atoms with Crippen molar-refractivity contribution in [3.05, 3.63) is 17.7 Å². The van der Waals surface area contributed by atoms with Crippen LogP contribution in [-0.4, -0.2) is 33.3 Å². The van der Waals surface area contributed by atoms with Gasteiger partial charge >= 0.3 is 12.1 Å². The highest BCUT2D eigenvalue weighted by Crippen LogP contribution is 2.36. The first-order chi connectivity index (χ1) is 7.39. The molecule has 0 saturated carbocycles. The number of aromatic nitrogens is 2. The molecular weight excluding hydrogens is 227 g/mol.